The van der Waals surface area contributed by atoms with E-state index in [1.165, 1.54) is 0 Å². The van der Waals surface area contributed by atoms with E-state index < -0.39 is 0 Å². The first-order chi connectivity index (χ1) is 10.7. The number of rotatable bonds is 6. The van der Waals surface area contributed by atoms with Crippen LogP contribution < -0.4 is 10.5 Å². The van der Waals surface area contributed by atoms with Crippen molar-refractivity contribution in [1.82, 2.24) is 0 Å². The summed E-state index contributed by atoms with van der Waals surface area (Å²) >= 11 is 0. The minimum Gasteiger partial charge on any atom is -0.482 e. The molecule has 0 radical (unpaired) electrons. The van der Waals surface area contributed by atoms with E-state index in [0.717, 1.165) is 16.8 Å². The highest BCUT2D eigenvalue weighted by Crippen LogP contribution is 2.15. The van der Waals surface area contributed by atoms with Crippen LogP contribution in [-0.4, -0.2) is 19.2 Å². The van der Waals surface area contributed by atoms with Crippen LogP contribution in [0.1, 0.15) is 18.1 Å². The summed E-state index contributed by atoms with van der Waals surface area (Å²) in [7, 11) is 0. The number of hydrogen-bond acceptors (Lipinski definition) is 4. The molecule has 0 bridgehead atoms. The number of carbonyl (C=O) groups excluding carboxylic acids is 1. The molecule has 2 aromatic carbocycles. The van der Waals surface area contributed by atoms with Crippen molar-refractivity contribution in [3.63, 3.8) is 0 Å². The smallest absolute Gasteiger partial charge is 0.344 e. The molecule has 0 aliphatic rings. The number of hydrogen-bond donors (Lipinski definition) is 1. The first kappa shape index (κ1) is 15.6. The fourth-order valence-corrected chi connectivity index (χ4v) is 1.82. The molecule has 0 aromatic heterocycles. The van der Waals surface area contributed by atoms with E-state index in [0.29, 0.717) is 12.4 Å². The topological polar surface area (TPSA) is 61.5 Å². The summed E-state index contributed by atoms with van der Waals surface area (Å²) in [6.07, 6.45) is 4.01. The molecule has 0 saturated heterocycles. The molecule has 2 N–H and O–H groups in total. The molecule has 4 nitrogen and oxygen atoms in total. The second-order valence-electron chi connectivity index (χ2n) is 4.66. The Morgan fingerprint density at radius 1 is 1.00 bits per heavy atom. The van der Waals surface area contributed by atoms with Crippen molar-refractivity contribution in [1.29, 1.82) is 0 Å². The minimum atomic E-state index is -0.366. The molecule has 4 heteroatoms. The molecule has 0 amide bonds. The maximum Gasteiger partial charge on any atom is 0.344 e. The van der Waals surface area contributed by atoms with Crippen molar-refractivity contribution >= 4 is 23.8 Å². The Morgan fingerprint density at radius 2 is 1.55 bits per heavy atom. The molecule has 0 aliphatic carbocycles. The van der Waals surface area contributed by atoms with Gasteiger partial charge in [0.2, 0.25) is 0 Å². The van der Waals surface area contributed by atoms with E-state index >= 15 is 0 Å². The van der Waals surface area contributed by atoms with Crippen LogP contribution >= 0.6 is 0 Å². The van der Waals surface area contributed by atoms with Gasteiger partial charge >= 0.3 is 5.97 Å². The Balaban J connectivity index is 1.91. The number of anilines is 1. The van der Waals surface area contributed by atoms with Crippen molar-refractivity contribution in [2.75, 3.05) is 18.9 Å². The first-order valence-electron chi connectivity index (χ1n) is 7.09. The molecule has 0 atom stereocenters. The zero-order chi connectivity index (χ0) is 15.8. The number of nitrogen functional groups attached to an aromatic ring is 1. The van der Waals surface area contributed by atoms with Crippen LogP contribution in [0.15, 0.2) is 48.5 Å². The Labute approximate surface area is 130 Å². The number of ether oxygens (including phenoxy) is 2. The lowest BCUT2D eigenvalue weighted by Gasteiger charge is -2.05. The van der Waals surface area contributed by atoms with Crippen LogP contribution in [0.3, 0.4) is 0 Å². The third-order valence-corrected chi connectivity index (χ3v) is 2.95. The van der Waals surface area contributed by atoms with Crippen molar-refractivity contribution < 1.29 is 14.3 Å². The van der Waals surface area contributed by atoms with Crippen LogP contribution in [0.4, 0.5) is 5.69 Å². The standard InChI is InChI=1S/C18H19NO3/c1-2-21-18(20)13-22-17-11-7-15(8-12-17)4-3-14-5-9-16(19)10-6-14/h3-12H,2,13,19H2,1H3/b4-3+. The van der Waals surface area contributed by atoms with Crippen LogP contribution in [-0.2, 0) is 9.53 Å². The zero-order valence-corrected chi connectivity index (χ0v) is 12.5. The van der Waals surface area contributed by atoms with Crippen molar-refractivity contribution in [2.24, 2.45) is 0 Å². The van der Waals surface area contributed by atoms with Gasteiger partial charge in [-0.05, 0) is 42.3 Å². The Morgan fingerprint density at radius 3 is 2.09 bits per heavy atom. The summed E-state index contributed by atoms with van der Waals surface area (Å²) < 4.78 is 10.1. The molecule has 0 aliphatic heterocycles. The van der Waals surface area contributed by atoms with Gasteiger partial charge in [-0.25, -0.2) is 4.79 Å². The van der Waals surface area contributed by atoms with Gasteiger partial charge in [-0.15, -0.1) is 0 Å². The van der Waals surface area contributed by atoms with Crippen molar-refractivity contribution in [3.05, 3.63) is 59.7 Å². The normalized spacial score (nSPS) is 10.6. The fraction of sp³-hybridized carbons (Fsp3) is 0.167. The number of benzene rings is 2. The van der Waals surface area contributed by atoms with Crippen LogP contribution in [0.25, 0.3) is 12.2 Å². The summed E-state index contributed by atoms with van der Waals surface area (Å²) in [5.74, 6) is 0.271. The molecule has 0 fully saturated rings. The third-order valence-electron chi connectivity index (χ3n) is 2.95. The maximum atomic E-state index is 11.2. The predicted octanol–water partition coefficient (Wildman–Crippen LogP) is 3.38. The van der Waals surface area contributed by atoms with Crippen LogP contribution in [0.2, 0.25) is 0 Å². The molecule has 22 heavy (non-hydrogen) atoms. The summed E-state index contributed by atoms with van der Waals surface area (Å²) in [4.78, 5) is 11.2. The Kier molecular flexibility index (Phi) is 5.60. The lowest BCUT2D eigenvalue weighted by atomic mass is 10.1. The van der Waals surface area contributed by atoms with Gasteiger partial charge in [0.05, 0.1) is 6.61 Å². The van der Waals surface area contributed by atoms with Gasteiger partial charge in [0.25, 0.3) is 0 Å². The molecule has 114 valence electrons. The average Bonchev–Trinajstić information content (AvgIpc) is 2.54. The molecular weight excluding hydrogens is 278 g/mol. The van der Waals surface area contributed by atoms with E-state index in [1.54, 1.807) is 6.92 Å². The average molecular weight is 297 g/mol. The predicted molar refractivity (Wildman–Crippen MR) is 88.4 cm³/mol. The quantitative estimate of drug-likeness (QED) is 0.504. The van der Waals surface area contributed by atoms with Gasteiger partial charge in [-0.2, -0.15) is 0 Å². The van der Waals surface area contributed by atoms with Gasteiger partial charge in [0, 0.05) is 5.69 Å². The highest BCUT2D eigenvalue weighted by Gasteiger charge is 2.02. The largest absolute Gasteiger partial charge is 0.482 e. The SMILES string of the molecule is CCOC(=O)COc1ccc(/C=C/c2ccc(N)cc2)cc1. The van der Waals surface area contributed by atoms with E-state index in [4.69, 9.17) is 15.2 Å². The van der Waals surface area contributed by atoms with Gasteiger partial charge in [-0.1, -0.05) is 36.4 Å². The van der Waals surface area contributed by atoms with Crippen molar-refractivity contribution in [3.8, 4) is 5.75 Å². The zero-order valence-electron chi connectivity index (χ0n) is 12.5. The van der Waals surface area contributed by atoms with E-state index in [1.807, 2.05) is 60.7 Å². The third kappa shape index (κ3) is 4.98. The Hall–Kier alpha value is -2.75. The summed E-state index contributed by atoms with van der Waals surface area (Å²) in [6.45, 7) is 2.05. The van der Waals surface area contributed by atoms with Gasteiger partial charge in [0.15, 0.2) is 6.61 Å². The van der Waals surface area contributed by atoms with Gasteiger partial charge in [-0.3, -0.25) is 0 Å². The van der Waals surface area contributed by atoms with Crippen molar-refractivity contribution in [2.45, 2.75) is 6.92 Å². The molecule has 2 aromatic rings. The summed E-state index contributed by atoms with van der Waals surface area (Å²) in [5, 5.41) is 0. The Bertz CT molecular complexity index is 630. The van der Waals surface area contributed by atoms with E-state index in [9.17, 15) is 4.79 Å². The molecule has 0 saturated carbocycles. The maximum absolute atomic E-state index is 11.2. The minimum absolute atomic E-state index is 0.0749. The second kappa shape index (κ2) is 7.88. The lowest BCUT2D eigenvalue weighted by Crippen LogP contribution is -2.14. The number of esters is 1. The summed E-state index contributed by atoms with van der Waals surface area (Å²) in [5.41, 5.74) is 8.52. The second-order valence-corrected chi connectivity index (χ2v) is 4.66. The van der Waals surface area contributed by atoms with Gasteiger partial charge in [0.1, 0.15) is 5.75 Å². The van der Waals surface area contributed by atoms with Crippen LogP contribution in [0.5, 0.6) is 5.75 Å². The molecule has 0 heterocycles. The van der Waals surface area contributed by atoms with E-state index in [2.05, 4.69) is 0 Å². The molecule has 0 spiro atoms. The number of carbonyl (C=O) groups is 1. The molecule has 2 rings (SSSR count). The fourth-order valence-electron chi connectivity index (χ4n) is 1.82. The lowest BCUT2D eigenvalue weighted by molar-refractivity contribution is -0.145. The first-order valence-corrected chi connectivity index (χ1v) is 7.09. The van der Waals surface area contributed by atoms with Gasteiger partial charge < -0.3 is 15.2 Å². The number of nitrogens with two attached hydrogens (primary N) is 1. The molecular formula is C18H19NO3. The summed E-state index contributed by atoms with van der Waals surface area (Å²) in [6, 6.07) is 15.1. The highest BCUT2D eigenvalue weighted by molar-refractivity contribution is 5.71. The highest BCUT2D eigenvalue weighted by atomic mass is 16.6. The van der Waals surface area contributed by atoms with Crippen LogP contribution in [0, 0.1) is 0 Å². The monoisotopic (exact) mass is 297 g/mol. The van der Waals surface area contributed by atoms with E-state index in [-0.39, 0.29) is 12.6 Å². The molecule has 0 unspecified atom stereocenters.